The van der Waals surface area contributed by atoms with Crippen LogP contribution in [0.25, 0.3) is 0 Å². The zero-order valence-electron chi connectivity index (χ0n) is 8.96. The summed E-state index contributed by atoms with van der Waals surface area (Å²) >= 11 is 11.8. The van der Waals surface area contributed by atoms with Crippen LogP contribution in [0.4, 0.5) is 0 Å². The van der Waals surface area contributed by atoms with E-state index in [-0.39, 0.29) is 0 Å². The Labute approximate surface area is 101 Å². The van der Waals surface area contributed by atoms with Crippen molar-refractivity contribution in [2.45, 2.75) is 6.42 Å². The average molecular weight is 248 g/mol. The zero-order valence-corrected chi connectivity index (χ0v) is 10.5. The molecular formula is C11H15Cl2NO. The van der Waals surface area contributed by atoms with E-state index in [2.05, 4.69) is 0 Å². The van der Waals surface area contributed by atoms with Gasteiger partial charge < -0.3 is 4.74 Å². The highest BCUT2D eigenvalue weighted by Gasteiger charge is 2.03. The number of likely N-dealkylation sites (N-methyl/N-ethyl adjacent to an activating group) is 1. The number of ether oxygens (including phenoxy) is 1. The molecule has 0 fully saturated rings. The number of methoxy groups -OCH3 is 1. The zero-order chi connectivity index (χ0) is 11.3. The molecule has 0 aliphatic heterocycles. The van der Waals surface area contributed by atoms with Gasteiger partial charge in [0.2, 0.25) is 0 Å². The Balaban J connectivity index is 2.62. The first-order valence-electron chi connectivity index (χ1n) is 4.74. The second-order valence-corrected chi connectivity index (χ2v) is 4.05. The van der Waals surface area contributed by atoms with Crippen molar-refractivity contribution < 1.29 is 4.74 Å². The number of rotatable bonds is 5. The lowest BCUT2D eigenvalue weighted by molar-refractivity contribution is 0.393. The molecule has 84 valence electrons. The molecule has 1 rings (SSSR count). The fourth-order valence-electron chi connectivity index (χ4n) is 1.23. The fourth-order valence-corrected chi connectivity index (χ4v) is 1.61. The third kappa shape index (κ3) is 3.90. The van der Waals surface area contributed by atoms with Gasteiger partial charge in [0.05, 0.1) is 13.1 Å². The molecule has 0 bridgehead atoms. The molecule has 0 atom stereocenters. The van der Waals surface area contributed by atoms with E-state index in [4.69, 9.17) is 27.9 Å². The Morgan fingerprint density at radius 1 is 1.40 bits per heavy atom. The predicted molar refractivity (Wildman–Crippen MR) is 65.1 cm³/mol. The highest BCUT2D eigenvalue weighted by Crippen LogP contribution is 2.22. The predicted octanol–water partition coefficient (Wildman–Crippen LogP) is 3.02. The summed E-state index contributed by atoms with van der Waals surface area (Å²) in [5, 5.41) is 0.748. The van der Waals surface area contributed by atoms with Crippen LogP contribution in [0.2, 0.25) is 5.02 Å². The molecule has 0 amide bonds. The minimum atomic E-state index is 0.535. The van der Waals surface area contributed by atoms with Crippen LogP contribution in [0.1, 0.15) is 5.56 Å². The first-order valence-corrected chi connectivity index (χ1v) is 5.65. The normalized spacial score (nSPS) is 10.7. The molecule has 0 saturated heterocycles. The van der Waals surface area contributed by atoms with Crippen LogP contribution in [-0.2, 0) is 6.42 Å². The minimum Gasteiger partial charge on any atom is -0.497 e. The molecule has 1 aromatic rings. The van der Waals surface area contributed by atoms with E-state index in [0.29, 0.717) is 6.00 Å². The van der Waals surface area contributed by atoms with Gasteiger partial charge in [0.15, 0.2) is 0 Å². The third-order valence-corrected chi connectivity index (χ3v) is 2.99. The summed E-state index contributed by atoms with van der Waals surface area (Å²) < 4.78 is 5.08. The summed E-state index contributed by atoms with van der Waals surface area (Å²) in [5.41, 5.74) is 1.12. The van der Waals surface area contributed by atoms with Crippen LogP contribution in [0.3, 0.4) is 0 Å². The van der Waals surface area contributed by atoms with Crippen molar-refractivity contribution in [1.82, 2.24) is 4.90 Å². The largest absolute Gasteiger partial charge is 0.497 e. The molecule has 0 aromatic heterocycles. The van der Waals surface area contributed by atoms with Gasteiger partial charge in [0.1, 0.15) is 5.75 Å². The lowest BCUT2D eigenvalue weighted by Crippen LogP contribution is -2.19. The van der Waals surface area contributed by atoms with Crippen molar-refractivity contribution in [1.29, 1.82) is 0 Å². The molecular weight excluding hydrogens is 233 g/mol. The van der Waals surface area contributed by atoms with Gasteiger partial charge in [-0.1, -0.05) is 17.7 Å². The lowest BCUT2D eigenvalue weighted by atomic mass is 10.1. The molecule has 0 radical (unpaired) electrons. The number of nitrogens with zero attached hydrogens (tertiary/aromatic N) is 1. The smallest absolute Gasteiger partial charge is 0.120 e. The van der Waals surface area contributed by atoms with E-state index in [1.807, 2.05) is 30.1 Å². The van der Waals surface area contributed by atoms with Crippen LogP contribution < -0.4 is 4.74 Å². The number of hydrogen-bond acceptors (Lipinski definition) is 2. The molecule has 4 heteroatoms. The second kappa shape index (κ2) is 6.21. The molecule has 0 N–H and O–H groups in total. The maximum absolute atomic E-state index is 6.10. The monoisotopic (exact) mass is 247 g/mol. The quantitative estimate of drug-likeness (QED) is 0.586. The van der Waals surface area contributed by atoms with Crippen LogP contribution in [0.15, 0.2) is 18.2 Å². The topological polar surface area (TPSA) is 12.5 Å². The Bertz CT molecular complexity index is 317. The Morgan fingerprint density at radius 2 is 2.13 bits per heavy atom. The van der Waals surface area contributed by atoms with Crippen molar-refractivity contribution in [2.24, 2.45) is 0 Å². The van der Waals surface area contributed by atoms with Crippen molar-refractivity contribution >= 4 is 23.2 Å². The number of benzene rings is 1. The maximum Gasteiger partial charge on any atom is 0.120 e. The first kappa shape index (κ1) is 12.6. The summed E-state index contributed by atoms with van der Waals surface area (Å²) in [7, 11) is 3.61. The van der Waals surface area contributed by atoms with Crippen molar-refractivity contribution in [3.8, 4) is 5.75 Å². The molecule has 15 heavy (non-hydrogen) atoms. The highest BCUT2D eigenvalue weighted by atomic mass is 35.5. The van der Waals surface area contributed by atoms with E-state index >= 15 is 0 Å². The lowest BCUT2D eigenvalue weighted by Gasteiger charge is -2.13. The summed E-state index contributed by atoms with van der Waals surface area (Å²) in [6, 6.07) is 6.27. The van der Waals surface area contributed by atoms with Crippen LogP contribution in [0, 0.1) is 0 Å². The Morgan fingerprint density at radius 3 is 2.67 bits per heavy atom. The number of alkyl halides is 1. The second-order valence-electron chi connectivity index (χ2n) is 3.41. The standard InChI is InChI=1S/C11H15Cl2NO/c1-14(8-12)6-5-9-3-4-10(15-2)7-11(9)13/h3-4,7H,5-6,8H2,1-2H3. The van der Waals surface area contributed by atoms with Gasteiger partial charge in [-0.15, -0.1) is 11.6 Å². The fraction of sp³-hybridized carbons (Fsp3) is 0.455. The number of halogens is 2. The Hall–Kier alpha value is -0.440. The van der Waals surface area contributed by atoms with Gasteiger partial charge in [-0.25, -0.2) is 0 Å². The van der Waals surface area contributed by atoms with Gasteiger partial charge in [0, 0.05) is 11.6 Å². The van der Waals surface area contributed by atoms with Gasteiger partial charge in [-0.3, -0.25) is 4.90 Å². The van der Waals surface area contributed by atoms with Gasteiger partial charge in [0.25, 0.3) is 0 Å². The van der Waals surface area contributed by atoms with Gasteiger partial charge >= 0.3 is 0 Å². The molecule has 0 saturated carbocycles. The van der Waals surface area contributed by atoms with Crippen molar-refractivity contribution in [3.63, 3.8) is 0 Å². The third-order valence-electron chi connectivity index (χ3n) is 2.23. The molecule has 1 aromatic carbocycles. The summed E-state index contributed by atoms with van der Waals surface area (Å²) in [5.74, 6) is 0.787. The summed E-state index contributed by atoms with van der Waals surface area (Å²) in [6.45, 7) is 0.898. The summed E-state index contributed by atoms with van der Waals surface area (Å²) in [6.07, 6.45) is 0.895. The average Bonchev–Trinajstić information content (AvgIpc) is 2.26. The van der Waals surface area contributed by atoms with Gasteiger partial charge in [-0.2, -0.15) is 0 Å². The SMILES string of the molecule is COc1ccc(CCN(C)CCl)c(Cl)c1. The molecule has 2 nitrogen and oxygen atoms in total. The van der Waals surface area contributed by atoms with E-state index in [0.717, 1.165) is 29.3 Å². The van der Waals surface area contributed by atoms with Crippen molar-refractivity contribution in [2.75, 3.05) is 26.7 Å². The van der Waals surface area contributed by atoms with Gasteiger partial charge in [-0.05, 0) is 31.2 Å². The van der Waals surface area contributed by atoms with E-state index in [9.17, 15) is 0 Å². The summed E-state index contributed by atoms with van der Waals surface area (Å²) in [4.78, 5) is 2.03. The minimum absolute atomic E-state index is 0.535. The highest BCUT2D eigenvalue weighted by molar-refractivity contribution is 6.31. The first-order chi connectivity index (χ1) is 7.17. The van der Waals surface area contributed by atoms with E-state index in [1.165, 1.54) is 0 Å². The van der Waals surface area contributed by atoms with Crippen LogP contribution in [0.5, 0.6) is 5.75 Å². The number of hydrogen-bond donors (Lipinski definition) is 0. The molecule has 0 aliphatic carbocycles. The molecule has 0 unspecified atom stereocenters. The Kier molecular flexibility index (Phi) is 5.23. The van der Waals surface area contributed by atoms with Crippen molar-refractivity contribution in [3.05, 3.63) is 28.8 Å². The van der Waals surface area contributed by atoms with Crippen LogP contribution >= 0.6 is 23.2 Å². The van der Waals surface area contributed by atoms with E-state index in [1.54, 1.807) is 7.11 Å². The molecule has 0 aliphatic rings. The maximum atomic E-state index is 6.10. The molecule has 0 heterocycles. The van der Waals surface area contributed by atoms with E-state index < -0.39 is 0 Å². The van der Waals surface area contributed by atoms with Crippen LogP contribution in [-0.4, -0.2) is 31.6 Å². The molecule has 0 spiro atoms.